The average Bonchev–Trinajstić information content (AvgIpc) is 2.78. The van der Waals surface area contributed by atoms with Crippen LogP contribution in [0, 0.1) is 5.82 Å². The van der Waals surface area contributed by atoms with E-state index in [1.54, 1.807) is 6.07 Å². The van der Waals surface area contributed by atoms with Gasteiger partial charge in [-0.05, 0) is 62.6 Å². The summed E-state index contributed by atoms with van der Waals surface area (Å²) >= 11 is 0. The average molecular weight is 387 g/mol. The summed E-state index contributed by atoms with van der Waals surface area (Å²) in [6.45, 7) is 0. The highest BCUT2D eigenvalue weighted by atomic mass is 19.1. The molecule has 0 fully saturated rings. The van der Waals surface area contributed by atoms with Gasteiger partial charge in [0.05, 0.1) is 11.1 Å². The van der Waals surface area contributed by atoms with Crippen molar-refractivity contribution in [2.45, 2.75) is 0 Å². The number of pyridine rings is 1. The van der Waals surface area contributed by atoms with E-state index in [0.717, 1.165) is 60.5 Å². The van der Waals surface area contributed by atoms with Crippen LogP contribution in [-0.4, -0.2) is 4.98 Å². The molecule has 2 heterocycles. The molecular weight excluding hydrogens is 373 g/mol. The van der Waals surface area contributed by atoms with Gasteiger partial charge in [-0.25, -0.2) is 4.39 Å². The molecule has 0 atom stereocenters. The van der Waals surface area contributed by atoms with Crippen molar-refractivity contribution in [3.63, 3.8) is 0 Å². The van der Waals surface area contributed by atoms with Crippen LogP contribution in [0.25, 0.3) is 54.3 Å². The largest absolute Gasteiger partial charge is 0.456 e. The van der Waals surface area contributed by atoms with Crippen molar-refractivity contribution in [3.8, 4) is 22.8 Å². The molecule has 0 aliphatic carbocycles. The summed E-state index contributed by atoms with van der Waals surface area (Å²) in [6.07, 6.45) is 1.85. The zero-order valence-corrected chi connectivity index (χ0v) is 15.8. The molecule has 2 nitrogen and oxygen atoms in total. The van der Waals surface area contributed by atoms with Gasteiger partial charge in [-0.1, -0.05) is 48.5 Å². The number of rotatable bonds is 0. The second kappa shape index (κ2) is 5.55. The minimum absolute atomic E-state index is 0.212. The number of hydrogen-bond donors (Lipinski definition) is 0. The molecule has 0 radical (unpaired) electrons. The summed E-state index contributed by atoms with van der Waals surface area (Å²) in [6, 6.07) is 25.6. The molecule has 0 bridgehead atoms. The number of benzene rings is 5. The summed E-state index contributed by atoms with van der Waals surface area (Å²) in [7, 11) is 0. The molecular formula is C27H14FNO. The van der Waals surface area contributed by atoms with Gasteiger partial charge in [0.15, 0.2) is 0 Å². The summed E-state index contributed by atoms with van der Waals surface area (Å²) < 4.78 is 20.8. The highest BCUT2D eigenvalue weighted by Crippen LogP contribution is 2.49. The first-order valence-corrected chi connectivity index (χ1v) is 9.92. The van der Waals surface area contributed by atoms with Crippen molar-refractivity contribution in [2.75, 3.05) is 0 Å². The van der Waals surface area contributed by atoms with Gasteiger partial charge in [0, 0.05) is 17.1 Å². The zero-order valence-electron chi connectivity index (χ0n) is 15.8. The molecule has 0 amide bonds. The fourth-order valence-electron chi connectivity index (χ4n) is 4.76. The van der Waals surface area contributed by atoms with Gasteiger partial charge < -0.3 is 4.74 Å². The summed E-state index contributed by atoms with van der Waals surface area (Å²) in [5, 5.41) is 7.91. The lowest BCUT2D eigenvalue weighted by molar-refractivity contribution is 0.488. The topological polar surface area (TPSA) is 22.1 Å². The maximum atomic E-state index is 14.4. The van der Waals surface area contributed by atoms with Crippen LogP contribution < -0.4 is 4.74 Å². The number of hydrogen-bond acceptors (Lipinski definition) is 2. The maximum Gasteiger partial charge on any atom is 0.138 e. The van der Waals surface area contributed by atoms with Crippen LogP contribution in [0.3, 0.4) is 0 Å². The SMILES string of the molecule is Fc1cccc2c1ccc1c3ccnc4c3c(cc21)Oc1cc2ccccc2cc1-4. The predicted molar refractivity (Wildman–Crippen MR) is 120 cm³/mol. The van der Waals surface area contributed by atoms with Crippen LogP contribution in [0.2, 0.25) is 0 Å². The molecule has 5 aromatic carbocycles. The van der Waals surface area contributed by atoms with E-state index < -0.39 is 0 Å². The molecule has 1 aromatic heterocycles. The Kier molecular flexibility index (Phi) is 2.94. The third kappa shape index (κ3) is 1.99. The lowest BCUT2D eigenvalue weighted by Gasteiger charge is -2.22. The van der Waals surface area contributed by atoms with Crippen molar-refractivity contribution in [1.29, 1.82) is 0 Å². The standard InChI is InChI=1S/C27H14FNO/c28-23-7-3-6-17-19(23)9-8-18-20-10-11-29-27-22-12-15-4-1-2-5-16(15)13-24(22)30-25(26(20)27)14-21(17)18/h1-14H. The summed E-state index contributed by atoms with van der Waals surface area (Å²) in [4.78, 5) is 4.73. The smallest absolute Gasteiger partial charge is 0.138 e. The van der Waals surface area contributed by atoms with Crippen molar-refractivity contribution >= 4 is 43.1 Å². The molecule has 1 aliphatic rings. The molecule has 30 heavy (non-hydrogen) atoms. The van der Waals surface area contributed by atoms with Gasteiger partial charge in [-0.15, -0.1) is 0 Å². The van der Waals surface area contributed by atoms with Crippen molar-refractivity contribution in [2.24, 2.45) is 0 Å². The van der Waals surface area contributed by atoms with Gasteiger partial charge in [0.2, 0.25) is 0 Å². The Hall–Kier alpha value is -3.98. The molecule has 0 unspecified atom stereocenters. The van der Waals surface area contributed by atoms with Crippen LogP contribution in [-0.2, 0) is 0 Å². The Morgan fingerprint density at radius 3 is 2.33 bits per heavy atom. The van der Waals surface area contributed by atoms with Crippen LogP contribution >= 0.6 is 0 Å². The number of ether oxygens (including phenoxy) is 1. The Balaban J connectivity index is 1.65. The monoisotopic (exact) mass is 387 g/mol. The van der Waals surface area contributed by atoms with E-state index in [1.807, 2.05) is 48.7 Å². The van der Waals surface area contributed by atoms with E-state index in [1.165, 1.54) is 6.07 Å². The van der Waals surface area contributed by atoms with E-state index in [-0.39, 0.29) is 5.82 Å². The third-order valence-electron chi connectivity index (χ3n) is 6.14. The predicted octanol–water partition coefficient (Wildman–Crippen LogP) is 7.61. The highest BCUT2D eigenvalue weighted by Gasteiger charge is 2.23. The van der Waals surface area contributed by atoms with E-state index in [9.17, 15) is 4.39 Å². The second-order valence-electron chi connectivity index (χ2n) is 7.75. The van der Waals surface area contributed by atoms with Crippen LogP contribution in [0.4, 0.5) is 4.39 Å². The molecule has 0 saturated carbocycles. The summed E-state index contributed by atoms with van der Waals surface area (Å²) in [5.41, 5.74) is 1.92. The van der Waals surface area contributed by atoms with Gasteiger partial charge >= 0.3 is 0 Å². The Morgan fingerprint density at radius 2 is 1.43 bits per heavy atom. The van der Waals surface area contributed by atoms with E-state index in [0.29, 0.717) is 5.39 Å². The first-order chi connectivity index (χ1) is 14.8. The number of halogens is 1. The number of nitrogens with zero attached hydrogens (tertiary/aromatic N) is 1. The number of fused-ring (bicyclic) bond motifs is 7. The Bertz CT molecular complexity index is 1690. The second-order valence-corrected chi connectivity index (χ2v) is 7.75. The van der Waals surface area contributed by atoms with Crippen LogP contribution in [0.15, 0.2) is 85.1 Å². The molecule has 0 spiro atoms. The van der Waals surface area contributed by atoms with Gasteiger partial charge in [-0.2, -0.15) is 0 Å². The fourth-order valence-corrected chi connectivity index (χ4v) is 4.76. The van der Waals surface area contributed by atoms with Gasteiger partial charge in [0.25, 0.3) is 0 Å². The molecule has 7 rings (SSSR count). The van der Waals surface area contributed by atoms with E-state index in [4.69, 9.17) is 9.72 Å². The molecule has 3 heteroatoms. The molecule has 0 N–H and O–H groups in total. The van der Waals surface area contributed by atoms with E-state index in [2.05, 4.69) is 24.3 Å². The molecule has 0 saturated heterocycles. The quantitative estimate of drug-likeness (QED) is 0.250. The lowest BCUT2D eigenvalue weighted by Crippen LogP contribution is -2.00. The zero-order chi connectivity index (χ0) is 19.8. The van der Waals surface area contributed by atoms with Crippen LogP contribution in [0.1, 0.15) is 0 Å². The Labute approximate surface area is 171 Å². The van der Waals surface area contributed by atoms with E-state index >= 15 is 0 Å². The molecule has 6 aromatic rings. The van der Waals surface area contributed by atoms with Crippen molar-refractivity contribution < 1.29 is 9.13 Å². The van der Waals surface area contributed by atoms with Crippen molar-refractivity contribution in [3.05, 3.63) is 90.9 Å². The third-order valence-corrected chi connectivity index (χ3v) is 6.14. The fraction of sp³-hybridized carbons (Fsp3) is 0. The normalized spacial score (nSPS) is 12.4. The minimum Gasteiger partial charge on any atom is -0.456 e. The van der Waals surface area contributed by atoms with Gasteiger partial charge in [0.1, 0.15) is 17.3 Å². The Morgan fingerprint density at radius 1 is 0.633 bits per heavy atom. The molecule has 140 valence electrons. The summed E-state index contributed by atoms with van der Waals surface area (Å²) in [5.74, 6) is 1.35. The molecule has 1 aliphatic heterocycles. The van der Waals surface area contributed by atoms with Gasteiger partial charge in [-0.3, -0.25) is 4.98 Å². The maximum absolute atomic E-state index is 14.4. The highest BCUT2D eigenvalue weighted by molar-refractivity contribution is 6.21. The first kappa shape index (κ1) is 15.9. The lowest BCUT2D eigenvalue weighted by atomic mass is 9.92. The van der Waals surface area contributed by atoms with Crippen LogP contribution in [0.5, 0.6) is 11.5 Å². The minimum atomic E-state index is -0.212. The number of aromatic nitrogens is 1. The first-order valence-electron chi connectivity index (χ1n) is 9.92. The van der Waals surface area contributed by atoms with Crippen molar-refractivity contribution in [1.82, 2.24) is 4.98 Å².